The van der Waals surface area contributed by atoms with Gasteiger partial charge in [0.05, 0.1) is 11.3 Å². The minimum atomic E-state index is -1.17. The van der Waals surface area contributed by atoms with E-state index in [0.717, 1.165) is 6.07 Å². The first-order chi connectivity index (χ1) is 9.47. The third-order valence-corrected chi connectivity index (χ3v) is 2.87. The zero-order chi connectivity index (χ0) is 14.7. The maximum absolute atomic E-state index is 11.9. The molecular formula is C12H8BrN3O4. The highest BCUT2D eigenvalue weighted by Crippen LogP contribution is 2.21. The van der Waals surface area contributed by atoms with Gasteiger partial charge in [0, 0.05) is 10.5 Å². The van der Waals surface area contributed by atoms with Crippen molar-refractivity contribution in [3.8, 4) is 0 Å². The van der Waals surface area contributed by atoms with Crippen LogP contribution in [0.15, 0.2) is 39.6 Å². The number of carbonyl (C=O) groups excluding carboxylic acids is 1. The van der Waals surface area contributed by atoms with Crippen LogP contribution in [0.3, 0.4) is 0 Å². The van der Waals surface area contributed by atoms with Gasteiger partial charge in [-0.1, -0.05) is 15.9 Å². The van der Waals surface area contributed by atoms with Crippen molar-refractivity contribution in [3.63, 3.8) is 0 Å². The van der Waals surface area contributed by atoms with E-state index in [4.69, 9.17) is 5.11 Å². The van der Waals surface area contributed by atoms with E-state index >= 15 is 0 Å². The number of benzene rings is 1. The van der Waals surface area contributed by atoms with E-state index in [1.165, 1.54) is 18.2 Å². The van der Waals surface area contributed by atoms with Crippen molar-refractivity contribution in [3.05, 3.63) is 56.4 Å². The number of rotatable bonds is 3. The number of aromatic nitrogens is 2. The van der Waals surface area contributed by atoms with E-state index in [2.05, 4.69) is 31.4 Å². The molecule has 0 aliphatic heterocycles. The lowest BCUT2D eigenvalue weighted by atomic mass is 10.1. The average Bonchev–Trinajstić information content (AvgIpc) is 2.41. The van der Waals surface area contributed by atoms with Gasteiger partial charge >= 0.3 is 5.97 Å². The van der Waals surface area contributed by atoms with Gasteiger partial charge in [-0.05, 0) is 24.3 Å². The molecule has 0 radical (unpaired) electrons. The highest BCUT2D eigenvalue weighted by atomic mass is 79.9. The molecule has 0 spiro atoms. The summed E-state index contributed by atoms with van der Waals surface area (Å²) in [5, 5.41) is 17.2. The van der Waals surface area contributed by atoms with Crippen molar-refractivity contribution in [2.75, 3.05) is 5.32 Å². The number of hydrogen-bond donors (Lipinski definition) is 3. The van der Waals surface area contributed by atoms with Crippen LogP contribution in [0.1, 0.15) is 20.8 Å². The second kappa shape index (κ2) is 5.66. The Bertz CT molecular complexity index is 721. The minimum Gasteiger partial charge on any atom is -0.478 e. The summed E-state index contributed by atoms with van der Waals surface area (Å²) in [6, 6.07) is 6.83. The number of anilines is 1. The van der Waals surface area contributed by atoms with Gasteiger partial charge in [0.15, 0.2) is 0 Å². The van der Waals surface area contributed by atoms with Gasteiger partial charge in [-0.2, -0.15) is 5.10 Å². The number of carbonyl (C=O) groups is 2. The molecule has 20 heavy (non-hydrogen) atoms. The number of carboxylic acid groups (broad SMARTS) is 1. The highest BCUT2D eigenvalue weighted by Gasteiger charge is 2.14. The van der Waals surface area contributed by atoms with Gasteiger partial charge in [0.1, 0.15) is 5.69 Å². The minimum absolute atomic E-state index is 0.0242. The Morgan fingerprint density at radius 3 is 2.60 bits per heavy atom. The van der Waals surface area contributed by atoms with Crippen LogP contribution in [0.25, 0.3) is 0 Å². The zero-order valence-corrected chi connectivity index (χ0v) is 11.5. The van der Waals surface area contributed by atoms with Crippen LogP contribution in [0.2, 0.25) is 0 Å². The molecule has 0 atom stereocenters. The van der Waals surface area contributed by atoms with E-state index in [1.807, 2.05) is 0 Å². The molecule has 0 aliphatic rings. The third-order valence-electron chi connectivity index (χ3n) is 2.37. The summed E-state index contributed by atoms with van der Waals surface area (Å²) in [5.74, 6) is -1.79. The summed E-state index contributed by atoms with van der Waals surface area (Å²) in [7, 11) is 0. The van der Waals surface area contributed by atoms with Gasteiger partial charge in [0.25, 0.3) is 11.5 Å². The van der Waals surface area contributed by atoms with Crippen LogP contribution in [0.4, 0.5) is 5.69 Å². The summed E-state index contributed by atoms with van der Waals surface area (Å²) in [5.41, 5.74) is -0.379. The number of nitrogens with one attached hydrogen (secondary N) is 2. The summed E-state index contributed by atoms with van der Waals surface area (Å²) in [6.07, 6.45) is 0. The van der Waals surface area contributed by atoms with Crippen LogP contribution in [0, 0.1) is 0 Å². The zero-order valence-electron chi connectivity index (χ0n) is 9.88. The predicted octanol–water partition coefficient (Wildman–Crippen LogP) is 1.48. The molecule has 1 amide bonds. The van der Waals surface area contributed by atoms with E-state index in [0.29, 0.717) is 4.47 Å². The standard InChI is InChI=1S/C12H8BrN3O4/c13-6-1-2-8(7(5-6)12(19)20)14-11(18)9-3-4-10(17)16-15-9/h1-5H,(H,14,18)(H,16,17)(H,19,20). The summed E-state index contributed by atoms with van der Waals surface area (Å²) >= 11 is 3.16. The topological polar surface area (TPSA) is 112 Å². The molecule has 0 saturated heterocycles. The SMILES string of the molecule is O=C(Nc1ccc(Br)cc1C(=O)O)c1ccc(=O)[nH]n1. The van der Waals surface area contributed by atoms with E-state index in [1.54, 1.807) is 6.07 Å². The molecule has 0 aliphatic carbocycles. The number of hydrogen-bond acceptors (Lipinski definition) is 4. The summed E-state index contributed by atoms with van der Waals surface area (Å²) in [4.78, 5) is 33.8. The second-order valence-corrected chi connectivity index (χ2v) is 4.67. The van der Waals surface area contributed by atoms with Crippen molar-refractivity contribution in [2.24, 2.45) is 0 Å². The number of H-pyrrole nitrogens is 1. The first-order valence-electron chi connectivity index (χ1n) is 5.37. The quantitative estimate of drug-likeness (QED) is 0.785. The lowest BCUT2D eigenvalue weighted by molar-refractivity contribution is 0.0698. The predicted molar refractivity (Wildman–Crippen MR) is 73.9 cm³/mol. The largest absolute Gasteiger partial charge is 0.478 e. The monoisotopic (exact) mass is 337 g/mol. The fraction of sp³-hybridized carbons (Fsp3) is 0. The molecule has 102 valence electrons. The molecule has 3 N–H and O–H groups in total. The third kappa shape index (κ3) is 3.09. The molecule has 8 heteroatoms. The Morgan fingerprint density at radius 1 is 1.25 bits per heavy atom. The molecule has 0 fully saturated rings. The average molecular weight is 338 g/mol. The Balaban J connectivity index is 2.30. The van der Waals surface area contributed by atoms with E-state index in [-0.39, 0.29) is 16.9 Å². The van der Waals surface area contributed by atoms with Gasteiger partial charge in [-0.3, -0.25) is 9.59 Å². The maximum Gasteiger partial charge on any atom is 0.337 e. The lowest BCUT2D eigenvalue weighted by Crippen LogP contribution is -2.19. The van der Waals surface area contributed by atoms with Crippen molar-refractivity contribution < 1.29 is 14.7 Å². The van der Waals surface area contributed by atoms with Crippen LogP contribution in [-0.2, 0) is 0 Å². The first kappa shape index (κ1) is 13.9. The van der Waals surface area contributed by atoms with E-state index < -0.39 is 17.4 Å². The Hall–Kier alpha value is -2.48. The fourth-order valence-electron chi connectivity index (χ4n) is 1.46. The first-order valence-corrected chi connectivity index (χ1v) is 6.16. The van der Waals surface area contributed by atoms with Crippen LogP contribution >= 0.6 is 15.9 Å². The highest BCUT2D eigenvalue weighted by molar-refractivity contribution is 9.10. The number of carboxylic acids is 1. The number of halogens is 1. The van der Waals surface area contributed by atoms with Crippen molar-refractivity contribution in [1.29, 1.82) is 0 Å². The second-order valence-electron chi connectivity index (χ2n) is 3.76. The summed E-state index contributed by atoms with van der Waals surface area (Å²) in [6.45, 7) is 0. The van der Waals surface area contributed by atoms with Gasteiger partial charge < -0.3 is 10.4 Å². The normalized spacial score (nSPS) is 10.1. The maximum atomic E-state index is 11.9. The molecule has 1 aromatic carbocycles. The van der Waals surface area contributed by atoms with Crippen molar-refractivity contribution in [1.82, 2.24) is 10.2 Å². The Labute approximate surface area is 120 Å². The molecule has 7 nitrogen and oxygen atoms in total. The Kier molecular flexibility index (Phi) is 3.94. The van der Waals surface area contributed by atoms with Crippen LogP contribution in [0.5, 0.6) is 0 Å². The molecule has 1 heterocycles. The molecule has 2 aromatic rings. The number of amides is 1. The van der Waals surface area contributed by atoms with Gasteiger partial charge in [-0.25, -0.2) is 9.89 Å². The molecular weight excluding hydrogens is 330 g/mol. The fourth-order valence-corrected chi connectivity index (χ4v) is 1.82. The number of nitrogens with zero attached hydrogens (tertiary/aromatic N) is 1. The van der Waals surface area contributed by atoms with Gasteiger partial charge in [-0.15, -0.1) is 0 Å². The summed E-state index contributed by atoms with van der Waals surface area (Å²) < 4.78 is 0.579. The number of aromatic carboxylic acids is 1. The molecule has 2 rings (SSSR count). The Morgan fingerprint density at radius 2 is 2.00 bits per heavy atom. The molecule has 1 aromatic heterocycles. The molecule has 0 saturated carbocycles. The van der Waals surface area contributed by atoms with Crippen molar-refractivity contribution in [2.45, 2.75) is 0 Å². The van der Waals surface area contributed by atoms with Gasteiger partial charge in [0.2, 0.25) is 0 Å². The van der Waals surface area contributed by atoms with Crippen LogP contribution in [-0.4, -0.2) is 27.2 Å². The number of aromatic amines is 1. The smallest absolute Gasteiger partial charge is 0.337 e. The molecule has 0 unspecified atom stereocenters. The molecule has 0 bridgehead atoms. The van der Waals surface area contributed by atoms with Crippen molar-refractivity contribution >= 4 is 33.5 Å². The lowest BCUT2D eigenvalue weighted by Gasteiger charge is -2.08. The van der Waals surface area contributed by atoms with Crippen LogP contribution < -0.4 is 10.9 Å². The van der Waals surface area contributed by atoms with E-state index in [9.17, 15) is 14.4 Å².